The molecule has 2 aromatic rings. The van der Waals surface area contributed by atoms with Gasteiger partial charge in [0.25, 0.3) is 5.91 Å². The van der Waals surface area contributed by atoms with E-state index in [1.807, 2.05) is 28.9 Å². The fraction of sp³-hybridized carbons (Fsp3) is 0.500. The number of carbonyl (C=O) groups is 2. The molecule has 4 rings (SSSR count). The maximum Gasteiger partial charge on any atom is 0.255 e. The zero-order chi connectivity index (χ0) is 21.6. The largest absolute Gasteiger partial charge is 0.343 e. The summed E-state index contributed by atoms with van der Waals surface area (Å²) in [6.07, 6.45) is 8.55. The van der Waals surface area contributed by atoms with Gasteiger partial charge >= 0.3 is 0 Å². The van der Waals surface area contributed by atoms with Crippen LogP contribution in [0.5, 0.6) is 0 Å². The van der Waals surface area contributed by atoms with Crippen LogP contribution in [-0.4, -0.2) is 52.8 Å². The summed E-state index contributed by atoms with van der Waals surface area (Å²) in [5, 5.41) is 0. The predicted octanol–water partition coefficient (Wildman–Crippen LogP) is 4.04. The van der Waals surface area contributed by atoms with Crippen molar-refractivity contribution in [2.45, 2.75) is 51.9 Å². The molecule has 164 valence electrons. The minimum atomic E-state index is 0.0961. The lowest BCUT2D eigenvalue weighted by Gasteiger charge is -2.32. The van der Waals surface area contributed by atoms with E-state index < -0.39 is 0 Å². The molecule has 2 aliphatic heterocycles. The van der Waals surface area contributed by atoms with Crippen LogP contribution < -0.4 is 0 Å². The Balaban J connectivity index is 1.21. The van der Waals surface area contributed by atoms with E-state index in [1.54, 1.807) is 6.20 Å². The molecule has 31 heavy (non-hydrogen) atoms. The van der Waals surface area contributed by atoms with Crippen LogP contribution in [0.1, 0.15) is 59.3 Å². The van der Waals surface area contributed by atoms with Gasteiger partial charge < -0.3 is 9.80 Å². The number of hydrogen-bond acceptors (Lipinski definition) is 3. The van der Waals surface area contributed by atoms with Gasteiger partial charge in [-0.25, -0.2) is 0 Å². The highest BCUT2D eigenvalue weighted by molar-refractivity contribution is 5.94. The first-order valence-corrected chi connectivity index (χ1v) is 11.7. The normalized spacial score (nSPS) is 17.2. The molecule has 0 aliphatic carbocycles. The Hall–Kier alpha value is -2.69. The van der Waals surface area contributed by atoms with E-state index in [0.29, 0.717) is 23.8 Å². The number of carbonyl (C=O) groups excluding carboxylic acids is 2. The lowest BCUT2D eigenvalue weighted by molar-refractivity contribution is -0.130. The molecule has 2 fully saturated rings. The lowest BCUT2D eigenvalue weighted by Crippen LogP contribution is -2.39. The van der Waals surface area contributed by atoms with Crippen LogP contribution in [-0.2, 0) is 17.6 Å². The van der Waals surface area contributed by atoms with E-state index in [-0.39, 0.29) is 5.91 Å². The van der Waals surface area contributed by atoms with Crippen molar-refractivity contribution >= 4 is 11.8 Å². The van der Waals surface area contributed by atoms with Crippen molar-refractivity contribution in [1.82, 2.24) is 14.8 Å². The third kappa shape index (κ3) is 5.72. The highest BCUT2D eigenvalue weighted by atomic mass is 16.2. The fourth-order valence-corrected chi connectivity index (χ4v) is 4.67. The van der Waals surface area contributed by atoms with Gasteiger partial charge in [0, 0.05) is 44.5 Å². The van der Waals surface area contributed by atoms with Crippen LogP contribution >= 0.6 is 0 Å². The molecule has 0 saturated carbocycles. The molecule has 0 spiro atoms. The minimum Gasteiger partial charge on any atom is -0.343 e. The van der Waals surface area contributed by atoms with Gasteiger partial charge in [0.1, 0.15) is 0 Å². The SMILES string of the molecule is Cc1ccc(C(=O)N2CCC(Cc3ccc(CCC(=O)N4CCCC4)cc3)CC2)cn1. The van der Waals surface area contributed by atoms with Crippen molar-refractivity contribution < 1.29 is 9.59 Å². The topological polar surface area (TPSA) is 53.5 Å². The molecule has 0 bridgehead atoms. The number of hydrogen-bond donors (Lipinski definition) is 0. The van der Waals surface area contributed by atoms with Gasteiger partial charge in [0.05, 0.1) is 5.56 Å². The summed E-state index contributed by atoms with van der Waals surface area (Å²) in [6, 6.07) is 12.5. The van der Waals surface area contributed by atoms with E-state index in [2.05, 4.69) is 29.2 Å². The van der Waals surface area contributed by atoms with Crippen LogP contribution in [0.15, 0.2) is 42.6 Å². The van der Waals surface area contributed by atoms with Gasteiger partial charge in [-0.1, -0.05) is 24.3 Å². The predicted molar refractivity (Wildman–Crippen MR) is 122 cm³/mol. The molecular weight excluding hydrogens is 386 g/mol. The van der Waals surface area contributed by atoms with Crippen LogP contribution in [0.25, 0.3) is 0 Å². The van der Waals surface area contributed by atoms with Crippen LogP contribution in [0.2, 0.25) is 0 Å². The Labute approximate surface area is 185 Å². The van der Waals surface area contributed by atoms with Crippen molar-refractivity contribution in [3.05, 3.63) is 65.0 Å². The zero-order valence-corrected chi connectivity index (χ0v) is 18.6. The summed E-state index contributed by atoms with van der Waals surface area (Å²) in [5.74, 6) is 1.01. The van der Waals surface area contributed by atoms with Crippen molar-refractivity contribution in [3.8, 4) is 0 Å². The summed E-state index contributed by atoms with van der Waals surface area (Å²) in [4.78, 5) is 33.1. The number of likely N-dealkylation sites (tertiary alicyclic amines) is 2. The Morgan fingerprint density at radius 3 is 2.23 bits per heavy atom. The van der Waals surface area contributed by atoms with Gasteiger partial charge in [0.2, 0.25) is 5.91 Å². The third-order valence-corrected chi connectivity index (χ3v) is 6.69. The third-order valence-electron chi connectivity index (χ3n) is 6.69. The first-order valence-electron chi connectivity index (χ1n) is 11.7. The summed E-state index contributed by atoms with van der Waals surface area (Å²) < 4.78 is 0. The maximum atomic E-state index is 12.7. The molecule has 5 nitrogen and oxygen atoms in total. The second-order valence-electron chi connectivity index (χ2n) is 9.03. The second-order valence-corrected chi connectivity index (χ2v) is 9.03. The number of aryl methyl sites for hydroxylation is 2. The van der Waals surface area contributed by atoms with Crippen molar-refractivity contribution in [1.29, 1.82) is 0 Å². The molecular formula is C26H33N3O2. The molecule has 0 N–H and O–H groups in total. The van der Waals surface area contributed by atoms with Gasteiger partial charge in [-0.05, 0) is 74.6 Å². The standard InChI is InChI=1S/C26H33N3O2/c1-20-4-10-24(19-27-20)26(31)29-16-12-23(13-17-29)18-22-7-5-21(6-8-22)9-11-25(30)28-14-2-3-15-28/h4-8,10,19,23H,2-3,9,11-18H2,1H3. The summed E-state index contributed by atoms with van der Waals surface area (Å²) in [6.45, 7) is 5.43. The number of pyridine rings is 1. The number of nitrogens with zero attached hydrogens (tertiary/aromatic N) is 3. The monoisotopic (exact) mass is 419 g/mol. The van der Waals surface area contributed by atoms with E-state index >= 15 is 0 Å². The molecule has 0 unspecified atom stereocenters. The first-order chi connectivity index (χ1) is 15.1. The van der Waals surface area contributed by atoms with E-state index in [4.69, 9.17) is 0 Å². The highest BCUT2D eigenvalue weighted by Gasteiger charge is 2.24. The molecule has 2 amide bonds. The number of benzene rings is 1. The average molecular weight is 420 g/mol. The van der Waals surface area contributed by atoms with Crippen LogP contribution in [0.3, 0.4) is 0 Å². The maximum absolute atomic E-state index is 12.7. The number of aromatic nitrogens is 1. The lowest BCUT2D eigenvalue weighted by atomic mass is 9.89. The smallest absolute Gasteiger partial charge is 0.255 e. The Bertz CT molecular complexity index is 878. The molecule has 0 atom stereocenters. The van der Waals surface area contributed by atoms with Crippen molar-refractivity contribution in [2.75, 3.05) is 26.2 Å². The first kappa shape index (κ1) is 21.5. The summed E-state index contributed by atoms with van der Waals surface area (Å²) in [7, 11) is 0. The van der Waals surface area contributed by atoms with Gasteiger partial charge in [-0.3, -0.25) is 14.6 Å². The summed E-state index contributed by atoms with van der Waals surface area (Å²) >= 11 is 0. The van der Waals surface area contributed by atoms with Gasteiger partial charge in [-0.15, -0.1) is 0 Å². The molecule has 5 heteroatoms. The molecule has 1 aromatic carbocycles. The minimum absolute atomic E-state index is 0.0961. The van der Waals surface area contributed by atoms with Crippen LogP contribution in [0.4, 0.5) is 0 Å². The number of amides is 2. The number of piperidine rings is 1. The van der Waals surface area contributed by atoms with Crippen molar-refractivity contribution in [3.63, 3.8) is 0 Å². The highest BCUT2D eigenvalue weighted by Crippen LogP contribution is 2.23. The van der Waals surface area contributed by atoms with Crippen molar-refractivity contribution in [2.24, 2.45) is 5.92 Å². The van der Waals surface area contributed by atoms with E-state index in [1.165, 1.54) is 11.1 Å². The van der Waals surface area contributed by atoms with Gasteiger partial charge in [-0.2, -0.15) is 0 Å². The summed E-state index contributed by atoms with van der Waals surface area (Å²) in [5.41, 5.74) is 4.20. The van der Waals surface area contributed by atoms with E-state index in [9.17, 15) is 9.59 Å². The molecule has 0 radical (unpaired) electrons. The Morgan fingerprint density at radius 1 is 0.903 bits per heavy atom. The zero-order valence-electron chi connectivity index (χ0n) is 18.6. The Kier molecular flexibility index (Phi) is 7.00. The number of rotatable bonds is 6. The van der Waals surface area contributed by atoms with Crippen LogP contribution in [0, 0.1) is 12.8 Å². The molecule has 2 aliphatic rings. The molecule has 3 heterocycles. The fourth-order valence-electron chi connectivity index (χ4n) is 4.67. The Morgan fingerprint density at radius 2 is 1.58 bits per heavy atom. The van der Waals surface area contributed by atoms with Gasteiger partial charge in [0.15, 0.2) is 0 Å². The molecule has 2 saturated heterocycles. The second kappa shape index (κ2) is 10.1. The quantitative estimate of drug-likeness (QED) is 0.710. The molecule has 1 aromatic heterocycles. The van der Waals surface area contributed by atoms with E-state index in [0.717, 1.165) is 70.4 Å². The average Bonchev–Trinajstić information content (AvgIpc) is 3.34.